The minimum atomic E-state index is -0.632. The number of aromatic nitrogens is 3. The summed E-state index contributed by atoms with van der Waals surface area (Å²) in [5, 5.41) is 15.3. The minimum Gasteiger partial charge on any atom is -0.368 e. The van der Waals surface area contributed by atoms with Crippen molar-refractivity contribution in [3.8, 4) is 0 Å². The van der Waals surface area contributed by atoms with Gasteiger partial charge in [0.1, 0.15) is 6.20 Å². The molecule has 0 saturated heterocycles. The Labute approximate surface area is 176 Å². The molecular weight excluding hydrogens is 398 g/mol. The summed E-state index contributed by atoms with van der Waals surface area (Å²) in [5.74, 6) is -0.369. The van der Waals surface area contributed by atoms with Crippen LogP contribution in [0.15, 0.2) is 66.0 Å². The summed E-state index contributed by atoms with van der Waals surface area (Å²) in [6.07, 6.45) is 4.31. The molecule has 0 aliphatic rings. The van der Waals surface area contributed by atoms with Crippen molar-refractivity contribution in [1.82, 2.24) is 14.4 Å². The van der Waals surface area contributed by atoms with Crippen molar-refractivity contribution in [2.24, 2.45) is 5.10 Å². The van der Waals surface area contributed by atoms with Gasteiger partial charge in [0.05, 0.1) is 22.3 Å². The average molecular weight is 415 g/mol. The molecule has 0 saturated carbocycles. The van der Waals surface area contributed by atoms with Gasteiger partial charge in [0.2, 0.25) is 17.5 Å². The van der Waals surface area contributed by atoms with E-state index < -0.39 is 4.92 Å². The number of pyridine rings is 1. The van der Waals surface area contributed by atoms with Crippen molar-refractivity contribution < 1.29 is 9.72 Å². The van der Waals surface area contributed by atoms with Gasteiger partial charge in [0.25, 0.3) is 0 Å². The predicted octanol–water partition coefficient (Wildman–Crippen LogP) is 3.21. The molecule has 3 heterocycles. The van der Waals surface area contributed by atoms with Crippen LogP contribution in [-0.4, -0.2) is 31.3 Å². The molecule has 0 atom stereocenters. The fourth-order valence-electron chi connectivity index (χ4n) is 3.29. The molecule has 0 aliphatic heterocycles. The summed E-state index contributed by atoms with van der Waals surface area (Å²) in [6, 6.07) is 14.5. The molecule has 0 bridgehead atoms. The van der Waals surface area contributed by atoms with Gasteiger partial charge in [0, 0.05) is 17.3 Å². The highest BCUT2D eigenvalue weighted by Gasteiger charge is 2.21. The Kier molecular flexibility index (Phi) is 5.10. The van der Waals surface area contributed by atoms with Gasteiger partial charge >= 0.3 is 5.69 Å². The molecule has 4 rings (SSSR count). The molecule has 0 spiro atoms. The van der Waals surface area contributed by atoms with E-state index in [4.69, 9.17) is 5.73 Å². The number of hydrogen-bond donors (Lipinski definition) is 2. The van der Waals surface area contributed by atoms with Crippen LogP contribution in [0.25, 0.3) is 5.52 Å². The summed E-state index contributed by atoms with van der Waals surface area (Å²) in [4.78, 5) is 31.1. The highest BCUT2D eigenvalue weighted by Crippen LogP contribution is 2.25. The second-order valence-electron chi connectivity index (χ2n) is 6.63. The summed E-state index contributed by atoms with van der Waals surface area (Å²) in [5.41, 5.74) is 11.0. The molecule has 10 nitrogen and oxygen atoms in total. The first-order valence-electron chi connectivity index (χ1n) is 9.22. The second kappa shape index (κ2) is 8.03. The fraction of sp³-hybridized carbons (Fsp3) is 0.0476. The first-order chi connectivity index (χ1) is 15.0. The second-order valence-corrected chi connectivity index (χ2v) is 6.63. The van der Waals surface area contributed by atoms with Crippen molar-refractivity contribution in [3.05, 3.63) is 93.4 Å². The molecule has 10 heteroatoms. The Bertz CT molecular complexity index is 1330. The van der Waals surface area contributed by atoms with Gasteiger partial charge in [-0.3, -0.25) is 20.3 Å². The lowest BCUT2D eigenvalue weighted by atomic mass is 10.0. The van der Waals surface area contributed by atoms with Gasteiger partial charge < -0.3 is 10.1 Å². The van der Waals surface area contributed by atoms with E-state index in [1.54, 1.807) is 22.7 Å². The number of nitrogens with zero attached hydrogens (tertiary/aromatic N) is 5. The van der Waals surface area contributed by atoms with E-state index in [9.17, 15) is 14.9 Å². The van der Waals surface area contributed by atoms with Crippen molar-refractivity contribution in [2.45, 2.75) is 6.92 Å². The van der Waals surface area contributed by atoms with Crippen LogP contribution < -0.4 is 11.2 Å². The zero-order valence-electron chi connectivity index (χ0n) is 16.4. The number of hydrazone groups is 1. The Morgan fingerprint density at radius 1 is 1.23 bits per heavy atom. The number of anilines is 2. The van der Waals surface area contributed by atoms with Crippen molar-refractivity contribution in [2.75, 3.05) is 11.2 Å². The van der Waals surface area contributed by atoms with Crippen LogP contribution in [0.2, 0.25) is 0 Å². The van der Waals surface area contributed by atoms with E-state index in [1.807, 2.05) is 43.3 Å². The SMILES string of the molecule is Cc1c(/C=N\Nc2nc(N)ncc2[N+](=O)[O-])c2ccccn2c1C(=O)c1ccccc1. The molecule has 0 unspecified atom stereocenters. The van der Waals surface area contributed by atoms with Crippen molar-refractivity contribution in [3.63, 3.8) is 0 Å². The maximum absolute atomic E-state index is 13.2. The van der Waals surface area contributed by atoms with Gasteiger partial charge in [-0.15, -0.1) is 0 Å². The number of fused-ring (bicyclic) bond motifs is 1. The van der Waals surface area contributed by atoms with Gasteiger partial charge in [-0.2, -0.15) is 10.1 Å². The number of rotatable bonds is 6. The quantitative estimate of drug-likeness (QED) is 0.213. The Morgan fingerprint density at radius 3 is 2.71 bits per heavy atom. The number of carbonyl (C=O) groups is 1. The minimum absolute atomic E-state index is 0.119. The number of nitrogens with two attached hydrogens (primary N) is 1. The normalized spacial score (nSPS) is 11.1. The third-order valence-electron chi connectivity index (χ3n) is 4.74. The van der Waals surface area contributed by atoms with Crippen molar-refractivity contribution >= 4 is 35.0 Å². The van der Waals surface area contributed by atoms with Crippen molar-refractivity contribution in [1.29, 1.82) is 0 Å². The smallest absolute Gasteiger partial charge is 0.331 e. The van der Waals surface area contributed by atoms with E-state index in [-0.39, 0.29) is 23.2 Å². The number of benzene rings is 1. The molecule has 154 valence electrons. The third-order valence-corrected chi connectivity index (χ3v) is 4.74. The van der Waals surface area contributed by atoms with Crippen LogP contribution in [0.5, 0.6) is 0 Å². The first-order valence-corrected chi connectivity index (χ1v) is 9.22. The highest BCUT2D eigenvalue weighted by atomic mass is 16.6. The summed E-state index contributed by atoms with van der Waals surface area (Å²) in [7, 11) is 0. The largest absolute Gasteiger partial charge is 0.368 e. The zero-order valence-corrected chi connectivity index (χ0v) is 16.4. The number of nitrogen functional groups attached to an aromatic ring is 1. The zero-order chi connectivity index (χ0) is 22.0. The van der Waals surface area contributed by atoms with E-state index >= 15 is 0 Å². The fourth-order valence-corrected chi connectivity index (χ4v) is 3.29. The van der Waals surface area contributed by atoms with Crippen LogP contribution in [-0.2, 0) is 0 Å². The molecule has 3 N–H and O–H groups in total. The standard InChI is InChI=1S/C21H17N7O3/c1-13-15(11-24-26-20-17(28(30)31)12-23-21(22)25-20)16-9-5-6-10-27(16)18(13)19(29)14-7-3-2-4-8-14/h2-12H,1H3,(H3,22,23,25,26)/b24-11-. The summed E-state index contributed by atoms with van der Waals surface area (Å²) < 4.78 is 1.80. The lowest BCUT2D eigenvalue weighted by molar-refractivity contribution is -0.384. The maximum atomic E-state index is 13.2. The monoisotopic (exact) mass is 415 g/mol. The number of nitro groups is 1. The molecule has 1 aromatic carbocycles. The number of carbonyl (C=O) groups excluding carboxylic acids is 1. The van der Waals surface area contributed by atoms with Gasteiger partial charge in [-0.25, -0.2) is 4.98 Å². The molecular formula is C21H17N7O3. The molecule has 0 fully saturated rings. The summed E-state index contributed by atoms with van der Waals surface area (Å²) >= 11 is 0. The molecule has 31 heavy (non-hydrogen) atoms. The maximum Gasteiger partial charge on any atom is 0.331 e. The van der Waals surface area contributed by atoms with Crippen LogP contribution in [0, 0.1) is 17.0 Å². The first kappa shape index (κ1) is 19.7. The van der Waals surface area contributed by atoms with Gasteiger partial charge in [-0.05, 0) is 24.6 Å². The van der Waals surface area contributed by atoms with E-state index in [1.165, 1.54) is 6.21 Å². The van der Waals surface area contributed by atoms with E-state index in [0.717, 1.165) is 17.3 Å². The number of nitrogens with one attached hydrogen (secondary N) is 1. The van der Waals surface area contributed by atoms with E-state index in [0.29, 0.717) is 16.8 Å². The predicted molar refractivity (Wildman–Crippen MR) is 116 cm³/mol. The van der Waals surface area contributed by atoms with Crippen LogP contribution in [0.3, 0.4) is 0 Å². The molecule has 3 aromatic heterocycles. The van der Waals surface area contributed by atoms with E-state index in [2.05, 4.69) is 20.5 Å². The Balaban J connectivity index is 1.75. The van der Waals surface area contributed by atoms with Gasteiger partial charge in [0.15, 0.2) is 0 Å². The van der Waals surface area contributed by atoms with Crippen LogP contribution in [0.4, 0.5) is 17.5 Å². The lowest BCUT2D eigenvalue weighted by Gasteiger charge is -2.03. The van der Waals surface area contributed by atoms with Crippen LogP contribution >= 0.6 is 0 Å². The third kappa shape index (κ3) is 3.69. The molecule has 0 amide bonds. The average Bonchev–Trinajstić information content (AvgIpc) is 3.05. The molecule has 0 aliphatic carbocycles. The number of ketones is 1. The lowest BCUT2D eigenvalue weighted by Crippen LogP contribution is -2.06. The Hall–Kier alpha value is -4.60. The Morgan fingerprint density at radius 2 is 1.97 bits per heavy atom. The number of hydrogen-bond acceptors (Lipinski definition) is 8. The van der Waals surface area contributed by atoms with Crippen LogP contribution in [0.1, 0.15) is 27.2 Å². The topological polar surface area (TPSA) is 141 Å². The highest BCUT2D eigenvalue weighted by molar-refractivity contribution is 6.11. The van der Waals surface area contributed by atoms with Gasteiger partial charge in [-0.1, -0.05) is 36.4 Å². The summed E-state index contributed by atoms with van der Waals surface area (Å²) in [6.45, 7) is 1.83. The molecule has 4 aromatic rings. The molecule has 0 radical (unpaired) electrons.